The van der Waals surface area contributed by atoms with E-state index in [4.69, 9.17) is 23.7 Å². The largest absolute Gasteiger partial charge is 0.495 e. The van der Waals surface area contributed by atoms with Gasteiger partial charge < -0.3 is 23.7 Å². The van der Waals surface area contributed by atoms with E-state index in [9.17, 15) is 4.79 Å². The molecule has 170 valence electrons. The van der Waals surface area contributed by atoms with Crippen LogP contribution in [-0.2, 0) is 0 Å². The van der Waals surface area contributed by atoms with Crippen molar-refractivity contribution in [2.45, 2.75) is 33.3 Å². The monoisotopic (exact) mass is 438 g/mol. The molecule has 0 aliphatic carbocycles. The zero-order valence-corrected chi connectivity index (χ0v) is 19.7. The smallest absolute Gasteiger partial charge is 0.197 e. The first-order valence-electron chi connectivity index (χ1n) is 10.6. The van der Waals surface area contributed by atoms with Gasteiger partial charge in [-0.2, -0.15) is 0 Å². The third kappa shape index (κ3) is 4.17. The summed E-state index contributed by atoms with van der Waals surface area (Å²) in [6.07, 6.45) is 5.66. The minimum absolute atomic E-state index is 0.162. The van der Waals surface area contributed by atoms with Crippen LogP contribution in [0, 0.1) is 0 Å². The zero-order chi connectivity index (χ0) is 23.5. The second-order valence-electron chi connectivity index (χ2n) is 7.56. The van der Waals surface area contributed by atoms with Crippen molar-refractivity contribution in [2.24, 2.45) is 0 Å². The van der Waals surface area contributed by atoms with Crippen molar-refractivity contribution in [2.75, 3.05) is 27.9 Å². The van der Waals surface area contributed by atoms with Gasteiger partial charge in [-0.3, -0.25) is 4.79 Å². The van der Waals surface area contributed by atoms with Crippen molar-refractivity contribution >= 4 is 17.4 Å². The highest BCUT2D eigenvalue weighted by Crippen LogP contribution is 2.43. The minimum atomic E-state index is -0.415. The minimum Gasteiger partial charge on any atom is -0.495 e. The average molecular weight is 439 g/mol. The van der Waals surface area contributed by atoms with Gasteiger partial charge in [0.1, 0.15) is 29.5 Å². The summed E-state index contributed by atoms with van der Waals surface area (Å²) in [5, 5.41) is 0. The molecule has 0 saturated heterocycles. The fourth-order valence-electron chi connectivity index (χ4n) is 3.70. The van der Waals surface area contributed by atoms with E-state index in [0.717, 1.165) is 5.56 Å². The van der Waals surface area contributed by atoms with Gasteiger partial charge in [0.25, 0.3) is 0 Å². The van der Waals surface area contributed by atoms with Crippen LogP contribution in [0.5, 0.6) is 28.7 Å². The van der Waals surface area contributed by atoms with Crippen LogP contribution in [0.25, 0.3) is 11.6 Å². The second kappa shape index (κ2) is 9.39. The molecule has 0 radical (unpaired) electrons. The maximum absolute atomic E-state index is 13.6. The van der Waals surface area contributed by atoms with Crippen molar-refractivity contribution in [3.8, 4) is 28.7 Å². The molecule has 2 aliphatic rings. The van der Waals surface area contributed by atoms with Crippen LogP contribution in [0.4, 0.5) is 0 Å². The van der Waals surface area contributed by atoms with Crippen molar-refractivity contribution in [3.63, 3.8) is 0 Å². The highest BCUT2D eigenvalue weighted by Gasteiger charge is 2.30. The topological polar surface area (TPSA) is 63.2 Å². The Morgan fingerprint density at radius 1 is 0.969 bits per heavy atom. The van der Waals surface area contributed by atoms with E-state index >= 15 is 0 Å². The van der Waals surface area contributed by atoms with Crippen molar-refractivity contribution < 1.29 is 28.5 Å². The van der Waals surface area contributed by atoms with E-state index in [1.54, 1.807) is 45.6 Å². The van der Waals surface area contributed by atoms with Gasteiger partial charge in [0, 0.05) is 17.2 Å². The fraction of sp³-hybridized carbons (Fsp3) is 0.346. The molecular weight excluding hydrogens is 408 g/mol. The number of carbonyl (C=O) groups excluding carboxylic acids is 1. The molecule has 0 aromatic heterocycles. The molecule has 0 atom stereocenters. The standard InChI is InChI=1S/C24H24O6.C2H6/c1-24(2)10-8-15-18(30-24)7-6-16(23(15)28-5)22(25)14-9-11-29-19-13-21(27-4)20(26-3)12-17(14)19;1-2/h6-10,12-13H,11H2,1-5H3;1-2H3. The number of rotatable bonds is 5. The first-order chi connectivity index (χ1) is 15.4. The number of carbonyl (C=O) groups is 1. The number of fused-ring (bicyclic) bond motifs is 2. The molecule has 0 N–H and O–H groups in total. The van der Waals surface area contributed by atoms with E-state index in [-0.39, 0.29) is 12.4 Å². The summed E-state index contributed by atoms with van der Waals surface area (Å²) in [5.74, 6) is 2.64. The van der Waals surface area contributed by atoms with Crippen LogP contribution < -0.4 is 23.7 Å². The lowest BCUT2D eigenvalue weighted by Gasteiger charge is -2.29. The molecule has 4 rings (SSSR count). The van der Waals surface area contributed by atoms with E-state index < -0.39 is 5.60 Å². The Balaban J connectivity index is 0.00000141. The predicted molar refractivity (Wildman–Crippen MR) is 125 cm³/mol. The number of allylic oxidation sites excluding steroid dienone is 1. The third-order valence-corrected chi connectivity index (χ3v) is 5.18. The van der Waals surface area contributed by atoms with Crippen molar-refractivity contribution in [1.82, 2.24) is 0 Å². The average Bonchev–Trinajstić information content (AvgIpc) is 2.82. The Hall–Kier alpha value is -3.41. The molecule has 2 aliphatic heterocycles. The van der Waals surface area contributed by atoms with Gasteiger partial charge in [-0.1, -0.05) is 13.8 Å². The highest BCUT2D eigenvalue weighted by atomic mass is 16.5. The maximum atomic E-state index is 13.6. The predicted octanol–water partition coefficient (Wildman–Crippen LogP) is 5.58. The van der Waals surface area contributed by atoms with Crippen molar-refractivity contribution in [3.05, 3.63) is 53.1 Å². The summed E-state index contributed by atoms with van der Waals surface area (Å²) in [4.78, 5) is 13.6. The van der Waals surface area contributed by atoms with Gasteiger partial charge in [0.2, 0.25) is 0 Å². The van der Waals surface area contributed by atoms with E-state index in [0.29, 0.717) is 45.4 Å². The Morgan fingerprint density at radius 2 is 1.66 bits per heavy atom. The summed E-state index contributed by atoms with van der Waals surface area (Å²) >= 11 is 0. The molecule has 2 heterocycles. The molecule has 0 unspecified atom stereocenters. The first-order valence-corrected chi connectivity index (χ1v) is 10.6. The third-order valence-electron chi connectivity index (χ3n) is 5.18. The second-order valence-corrected chi connectivity index (χ2v) is 7.56. The molecule has 0 amide bonds. The molecule has 6 nitrogen and oxygen atoms in total. The molecule has 0 bridgehead atoms. The highest BCUT2D eigenvalue weighted by molar-refractivity contribution is 6.31. The Bertz CT molecular complexity index is 1080. The number of ketones is 1. The Labute approximate surface area is 189 Å². The van der Waals surface area contributed by atoms with Crippen LogP contribution in [-0.4, -0.2) is 39.3 Å². The van der Waals surface area contributed by atoms with Crippen LogP contribution in [0.1, 0.15) is 49.2 Å². The van der Waals surface area contributed by atoms with Gasteiger partial charge in [0.05, 0.1) is 32.5 Å². The fourth-order valence-corrected chi connectivity index (χ4v) is 3.70. The number of hydrogen-bond acceptors (Lipinski definition) is 6. The van der Waals surface area contributed by atoms with Gasteiger partial charge in [-0.25, -0.2) is 0 Å². The number of methoxy groups -OCH3 is 3. The van der Waals surface area contributed by atoms with E-state index in [1.165, 1.54) is 0 Å². The van der Waals surface area contributed by atoms with Crippen LogP contribution in [0.3, 0.4) is 0 Å². The number of benzene rings is 2. The van der Waals surface area contributed by atoms with Crippen LogP contribution in [0.2, 0.25) is 0 Å². The van der Waals surface area contributed by atoms with Gasteiger partial charge in [0.15, 0.2) is 17.3 Å². The molecule has 2 aromatic rings. The summed E-state index contributed by atoms with van der Waals surface area (Å²) in [6, 6.07) is 7.04. The van der Waals surface area contributed by atoms with Gasteiger partial charge in [-0.05, 0) is 50.3 Å². The van der Waals surface area contributed by atoms with E-state index in [1.807, 2.05) is 45.9 Å². The van der Waals surface area contributed by atoms with E-state index in [2.05, 4.69) is 0 Å². The quantitative estimate of drug-likeness (QED) is 0.568. The molecule has 0 spiro atoms. The summed E-state index contributed by atoms with van der Waals surface area (Å²) in [6.45, 7) is 8.24. The molecule has 0 saturated carbocycles. The van der Waals surface area contributed by atoms with Crippen LogP contribution >= 0.6 is 0 Å². The van der Waals surface area contributed by atoms with Gasteiger partial charge in [-0.15, -0.1) is 0 Å². The van der Waals surface area contributed by atoms with Gasteiger partial charge >= 0.3 is 0 Å². The summed E-state index contributed by atoms with van der Waals surface area (Å²) in [7, 11) is 4.67. The maximum Gasteiger partial charge on any atom is 0.197 e. The lowest BCUT2D eigenvalue weighted by atomic mass is 9.91. The Morgan fingerprint density at radius 3 is 2.31 bits per heavy atom. The zero-order valence-electron chi connectivity index (χ0n) is 19.7. The van der Waals surface area contributed by atoms with Crippen LogP contribution in [0.15, 0.2) is 36.4 Å². The molecular formula is C26H30O6. The summed E-state index contributed by atoms with van der Waals surface area (Å²) < 4.78 is 28.1. The number of hydrogen-bond donors (Lipinski definition) is 0. The first kappa shape index (κ1) is 23.3. The lowest BCUT2D eigenvalue weighted by Crippen LogP contribution is -2.27. The molecule has 2 aromatic carbocycles. The molecule has 6 heteroatoms. The lowest BCUT2D eigenvalue weighted by molar-refractivity contribution is 0.105. The Kier molecular flexibility index (Phi) is 6.82. The van der Waals surface area contributed by atoms with Crippen molar-refractivity contribution in [1.29, 1.82) is 0 Å². The SMILES string of the molecule is CC.COc1cc2c(cc1OC)C(C(=O)c1ccc3c(c1OC)C=CC(C)(C)O3)=CCO2. The number of ether oxygens (including phenoxy) is 5. The molecule has 32 heavy (non-hydrogen) atoms. The number of Topliss-reactive ketones (excluding diaryl/α,β-unsaturated/α-hetero) is 1. The summed E-state index contributed by atoms with van der Waals surface area (Å²) in [5.41, 5.74) is 1.97. The normalized spacial score (nSPS) is 14.9. The molecule has 0 fully saturated rings.